The number of carboxylic acid groups (broad SMARTS) is 1. The van der Waals surface area contributed by atoms with E-state index >= 15 is 0 Å². The van der Waals surface area contributed by atoms with Crippen LogP contribution in [0.25, 0.3) is 11.3 Å². The Hall–Kier alpha value is -3.31. The first-order valence-corrected chi connectivity index (χ1v) is 12.8. The highest BCUT2D eigenvalue weighted by atomic mass is 127. The molecule has 0 fully saturated rings. The lowest BCUT2D eigenvalue weighted by atomic mass is 10.0. The van der Waals surface area contributed by atoms with Crippen LogP contribution in [0.4, 0.5) is 13.2 Å². The van der Waals surface area contributed by atoms with E-state index in [-0.39, 0.29) is 35.6 Å². The van der Waals surface area contributed by atoms with Gasteiger partial charge in [0.25, 0.3) is 5.91 Å². The molecular formula is C28H20ClF3INO4. The topological polar surface area (TPSA) is 70.8 Å². The number of nitrogens with zero attached hydrogens (tertiary/aromatic N) is 1. The van der Waals surface area contributed by atoms with Gasteiger partial charge < -0.3 is 14.4 Å². The minimum Gasteiger partial charge on any atom is -0.480 e. The van der Waals surface area contributed by atoms with Gasteiger partial charge in [-0.25, -0.2) is 4.79 Å². The third-order valence-electron chi connectivity index (χ3n) is 5.82. The molecule has 196 valence electrons. The molecule has 1 heterocycles. The number of carboxylic acids is 1. The van der Waals surface area contributed by atoms with Gasteiger partial charge in [0.2, 0.25) is 0 Å². The van der Waals surface area contributed by atoms with Gasteiger partial charge in [0.15, 0.2) is 0 Å². The van der Waals surface area contributed by atoms with Crippen LogP contribution in [-0.2, 0) is 23.9 Å². The molecule has 0 spiro atoms. The first-order chi connectivity index (χ1) is 18.0. The zero-order chi connectivity index (χ0) is 27.4. The average molecular weight is 654 g/mol. The molecule has 0 aliphatic heterocycles. The van der Waals surface area contributed by atoms with E-state index in [1.807, 2.05) is 22.6 Å². The molecule has 1 amide bonds. The van der Waals surface area contributed by atoms with Gasteiger partial charge in [0, 0.05) is 20.6 Å². The fourth-order valence-corrected chi connectivity index (χ4v) is 5.05. The van der Waals surface area contributed by atoms with Crippen molar-refractivity contribution in [1.82, 2.24) is 4.90 Å². The minimum absolute atomic E-state index is 0.0350. The van der Waals surface area contributed by atoms with E-state index in [1.165, 1.54) is 35.2 Å². The maximum Gasteiger partial charge on any atom is 0.416 e. The van der Waals surface area contributed by atoms with Crippen LogP contribution in [0.5, 0.6) is 0 Å². The Bertz CT molecular complexity index is 1460. The van der Waals surface area contributed by atoms with E-state index < -0.39 is 29.7 Å². The average Bonchev–Trinajstić information content (AvgIpc) is 3.34. The summed E-state index contributed by atoms with van der Waals surface area (Å²) in [5.74, 6) is -1.38. The van der Waals surface area contributed by atoms with E-state index in [1.54, 1.807) is 42.5 Å². The molecule has 1 unspecified atom stereocenters. The minimum atomic E-state index is -4.52. The van der Waals surface area contributed by atoms with Crippen LogP contribution < -0.4 is 0 Å². The molecule has 4 aromatic rings. The summed E-state index contributed by atoms with van der Waals surface area (Å²) in [5.41, 5.74) is 0.359. The molecule has 0 aliphatic carbocycles. The molecule has 5 nitrogen and oxygen atoms in total. The van der Waals surface area contributed by atoms with Gasteiger partial charge in [0.1, 0.15) is 17.6 Å². The standard InChI is InChI=1S/C28H20ClF3INO4/c29-20-9-11-22(23(33)15-20)26(35)34(24(27(36)37)13-17-5-2-1-3-6-17)16-21-10-12-25(38-21)18-7-4-8-19(14-18)28(30,31)32/h1-12,14-15,24H,13,16H2,(H,36,37). The molecule has 4 rings (SSSR count). The fraction of sp³-hybridized carbons (Fsp3) is 0.143. The first-order valence-electron chi connectivity index (χ1n) is 11.3. The van der Waals surface area contributed by atoms with E-state index in [0.717, 1.165) is 12.1 Å². The Morgan fingerprint density at radius 2 is 1.71 bits per heavy atom. The molecule has 0 aliphatic rings. The van der Waals surface area contributed by atoms with Crippen LogP contribution in [0.15, 0.2) is 89.3 Å². The molecule has 0 bridgehead atoms. The van der Waals surface area contributed by atoms with E-state index in [4.69, 9.17) is 16.0 Å². The number of hydrogen-bond acceptors (Lipinski definition) is 3. The number of benzene rings is 3. The van der Waals surface area contributed by atoms with Crippen LogP contribution in [0.3, 0.4) is 0 Å². The van der Waals surface area contributed by atoms with E-state index in [0.29, 0.717) is 14.2 Å². The Labute approximate surface area is 235 Å². The first kappa shape index (κ1) is 27.7. The van der Waals surface area contributed by atoms with Crippen molar-refractivity contribution in [3.8, 4) is 11.3 Å². The summed E-state index contributed by atoms with van der Waals surface area (Å²) in [6.45, 7) is -0.222. The second-order valence-corrected chi connectivity index (χ2v) is 10.0. The summed E-state index contributed by atoms with van der Waals surface area (Å²) in [7, 11) is 0. The second kappa shape index (κ2) is 11.6. The highest BCUT2D eigenvalue weighted by Gasteiger charge is 2.33. The van der Waals surface area contributed by atoms with Crippen LogP contribution in [0.1, 0.15) is 27.2 Å². The summed E-state index contributed by atoms with van der Waals surface area (Å²) in [5, 5.41) is 10.6. The molecule has 0 saturated carbocycles. The third kappa shape index (κ3) is 6.57. The SMILES string of the molecule is O=C(O)C(Cc1ccccc1)N(Cc1ccc(-c2cccc(C(F)(F)F)c2)o1)C(=O)c1ccc(Cl)cc1I. The zero-order valence-electron chi connectivity index (χ0n) is 19.6. The number of rotatable bonds is 8. The lowest BCUT2D eigenvalue weighted by Crippen LogP contribution is -2.46. The third-order valence-corrected chi connectivity index (χ3v) is 6.95. The zero-order valence-corrected chi connectivity index (χ0v) is 22.5. The normalized spacial score (nSPS) is 12.2. The van der Waals surface area contributed by atoms with Crippen molar-refractivity contribution in [1.29, 1.82) is 0 Å². The summed E-state index contributed by atoms with van der Waals surface area (Å²) >= 11 is 8.00. The number of carbonyl (C=O) groups is 2. The Kier molecular flexibility index (Phi) is 8.47. The van der Waals surface area contributed by atoms with E-state index in [9.17, 15) is 27.9 Å². The highest BCUT2D eigenvalue weighted by Crippen LogP contribution is 2.33. The Balaban J connectivity index is 1.70. The highest BCUT2D eigenvalue weighted by molar-refractivity contribution is 14.1. The van der Waals surface area contributed by atoms with Crippen molar-refractivity contribution in [2.24, 2.45) is 0 Å². The molecule has 0 radical (unpaired) electrons. The molecule has 10 heteroatoms. The van der Waals surface area contributed by atoms with Crippen LogP contribution in [-0.4, -0.2) is 27.9 Å². The molecule has 3 aromatic carbocycles. The van der Waals surface area contributed by atoms with Gasteiger partial charge in [-0.15, -0.1) is 0 Å². The van der Waals surface area contributed by atoms with Gasteiger partial charge in [-0.1, -0.05) is 54.1 Å². The summed E-state index contributed by atoms with van der Waals surface area (Å²) in [6.07, 6.45) is -4.48. The summed E-state index contributed by atoms with van der Waals surface area (Å²) in [4.78, 5) is 27.3. The maximum atomic E-state index is 13.7. The van der Waals surface area contributed by atoms with Crippen LogP contribution >= 0.6 is 34.2 Å². The maximum absolute atomic E-state index is 13.7. The van der Waals surface area contributed by atoms with Crippen molar-refractivity contribution in [2.45, 2.75) is 25.2 Å². The van der Waals surface area contributed by atoms with Crippen molar-refractivity contribution < 1.29 is 32.3 Å². The van der Waals surface area contributed by atoms with Crippen LogP contribution in [0, 0.1) is 3.57 Å². The number of halogens is 5. The lowest BCUT2D eigenvalue weighted by Gasteiger charge is -2.29. The Morgan fingerprint density at radius 3 is 2.37 bits per heavy atom. The quantitative estimate of drug-likeness (QED) is 0.199. The van der Waals surface area contributed by atoms with Crippen LogP contribution in [0.2, 0.25) is 5.02 Å². The number of furan rings is 1. The Morgan fingerprint density at radius 1 is 0.974 bits per heavy atom. The van der Waals surface area contributed by atoms with Gasteiger partial charge in [-0.2, -0.15) is 13.2 Å². The van der Waals surface area contributed by atoms with Crippen molar-refractivity contribution in [3.63, 3.8) is 0 Å². The lowest BCUT2D eigenvalue weighted by molar-refractivity contribution is -0.142. The summed E-state index contributed by atoms with van der Waals surface area (Å²) < 4.78 is 45.9. The number of carbonyl (C=O) groups excluding carboxylic acids is 1. The molecule has 0 saturated heterocycles. The van der Waals surface area contributed by atoms with Gasteiger partial charge in [-0.3, -0.25) is 4.79 Å². The fourth-order valence-electron chi connectivity index (χ4n) is 3.94. The van der Waals surface area contributed by atoms with E-state index in [2.05, 4.69) is 0 Å². The molecule has 38 heavy (non-hydrogen) atoms. The number of aliphatic carboxylic acids is 1. The molecule has 1 atom stereocenters. The molecule has 1 N–H and O–H groups in total. The second-order valence-electron chi connectivity index (χ2n) is 8.45. The molecular weight excluding hydrogens is 634 g/mol. The largest absolute Gasteiger partial charge is 0.480 e. The summed E-state index contributed by atoms with van der Waals surface area (Å²) in [6, 6.07) is 20.0. The molecule has 1 aromatic heterocycles. The number of hydrogen-bond donors (Lipinski definition) is 1. The van der Waals surface area contributed by atoms with Crippen molar-refractivity contribution in [2.75, 3.05) is 0 Å². The van der Waals surface area contributed by atoms with Gasteiger partial charge >= 0.3 is 12.1 Å². The predicted molar refractivity (Wildman–Crippen MR) is 145 cm³/mol. The monoisotopic (exact) mass is 653 g/mol. The van der Waals surface area contributed by atoms with Gasteiger partial charge in [-0.05, 0) is 70.6 Å². The van der Waals surface area contributed by atoms with Crippen molar-refractivity contribution in [3.05, 3.63) is 116 Å². The number of alkyl halides is 3. The smallest absolute Gasteiger partial charge is 0.416 e. The van der Waals surface area contributed by atoms with Gasteiger partial charge in [0.05, 0.1) is 17.7 Å². The number of amides is 1. The van der Waals surface area contributed by atoms with Crippen molar-refractivity contribution >= 4 is 46.1 Å². The predicted octanol–water partition coefficient (Wildman–Crippen LogP) is 7.56.